The van der Waals surface area contributed by atoms with Crippen LogP contribution >= 0.6 is 15.9 Å². The Kier molecular flexibility index (Phi) is 2.10. The average Bonchev–Trinajstić information content (AvgIpc) is 2.61. The molecule has 0 radical (unpaired) electrons. The predicted octanol–water partition coefficient (Wildman–Crippen LogP) is 1.00. The molecule has 0 fully saturated rings. The molecule has 1 aromatic heterocycles. The summed E-state index contributed by atoms with van der Waals surface area (Å²) in [6.07, 6.45) is 5.03. The van der Waals surface area contributed by atoms with Crippen molar-refractivity contribution in [2.45, 2.75) is 0 Å². The summed E-state index contributed by atoms with van der Waals surface area (Å²) in [6, 6.07) is 0. The molecule has 1 aliphatic rings. The van der Waals surface area contributed by atoms with Crippen LogP contribution in [0.25, 0.3) is 5.57 Å². The predicted molar refractivity (Wildman–Crippen MR) is 53.9 cm³/mol. The number of hydrogen-bond donors (Lipinski definition) is 1. The normalized spacial score (nSPS) is 14.7. The molecule has 2 heterocycles. The van der Waals surface area contributed by atoms with Crippen LogP contribution in [-0.4, -0.2) is 22.7 Å². The molecule has 0 atom stereocenters. The van der Waals surface area contributed by atoms with Gasteiger partial charge >= 0.3 is 0 Å². The number of H-pyrrole nitrogens is 1. The Bertz CT molecular complexity index is 447. The first kappa shape index (κ1) is 8.37. The van der Waals surface area contributed by atoms with E-state index < -0.39 is 0 Å². The summed E-state index contributed by atoms with van der Waals surface area (Å²) in [7, 11) is 0. The summed E-state index contributed by atoms with van der Waals surface area (Å²) in [4.78, 5) is 21.9. The van der Waals surface area contributed by atoms with Gasteiger partial charge < -0.3 is 4.98 Å². The van der Waals surface area contributed by atoms with E-state index in [1.165, 1.54) is 6.20 Å². The average molecular weight is 240 g/mol. The number of rotatable bonds is 1. The molecule has 2 rings (SSSR count). The van der Waals surface area contributed by atoms with Crippen LogP contribution in [0.5, 0.6) is 0 Å². The molecule has 0 amide bonds. The van der Waals surface area contributed by atoms with E-state index in [2.05, 4.69) is 30.9 Å². The Hall–Kier alpha value is -1.23. The van der Waals surface area contributed by atoms with Crippen LogP contribution in [-0.2, 0) is 0 Å². The lowest BCUT2D eigenvalue weighted by atomic mass is 10.2. The monoisotopic (exact) mass is 239 g/mol. The highest BCUT2D eigenvalue weighted by Crippen LogP contribution is 2.11. The third-order valence-corrected chi connectivity index (χ3v) is 2.08. The van der Waals surface area contributed by atoms with Crippen molar-refractivity contribution < 1.29 is 0 Å². The fourth-order valence-electron chi connectivity index (χ4n) is 1.09. The molecule has 0 saturated heterocycles. The topological polar surface area (TPSA) is 58.1 Å². The smallest absolute Gasteiger partial charge is 0.274 e. The number of aliphatic imine (C=N–C) groups is 1. The lowest BCUT2D eigenvalue weighted by molar-refractivity contribution is 1.09. The van der Waals surface area contributed by atoms with Gasteiger partial charge in [-0.05, 0) is 15.9 Å². The van der Waals surface area contributed by atoms with Crippen molar-refractivity contribution in [1.29, 1.82) is 0 Å². The van der Waals surface area contributed by atoms with Crippen molar-refractivity contribution in [3.8, 4) is 0 Å². The quantitative estimate of drug-likeness (QED) is 0.795. The zero-order valence-corrected chi connectivity index (χ0v) is 8.21. The molecular formula is C8H6BrN3O. The van der Waals surface area contributed by atoms with Crippen LogP contribution in [0.2, 0.25) is 0 Å². The number of halogens is 1. The van der Waals surface area contributed by atoms with Gasteiger partial charge in [-0.3, -0.25) is 9.79 Å². The van der Waals surface area contributed by atoms with Crippen LogP contribution in [0.4, 0.5) is 0 Å². The number of nitrogens with one attached hydrogen (secondary N) is 1. The zero-order chi connectivity index (χ0) is 9.26. The number of hydrogen-bond acceptors (Lipinski definition) is 3. The molecular weight excluding hydrogens is 234 g/mol. The Morgan fingerprint density at radius 3 is 3.08 bits per heavy atom. The van der Waals surface area contributed by atoms with E-state index >= 15 is 0 Å². The lowest BCUT2D eigenvalue weighted by Crippen LogP contribution is -2.13. The highest BCUT2D eigenvalue weighted by atomic mass is 79.9. The second-order valence-electron chi connectivity index (χ2n) is 2.55. The number of aromatic nitrogens is 2. The summed E-state index contributed by atoms with van der Waals surface area (Å²) in [6.45, 7) is 0.628. The second kappa shape index (κ2) is 3.26. The Balaban J connectivity index is 2.56. The maximum Gasteiger partial charge on any atom is 0.274 e. The first-order chi connectivity index (χ1) is 6.27. The fourth-order valence-corrected chi connectivity index (χ4v) is 1.38. The summed E-state index contributed by atoms with van der Waals surface area (Å²) >= 11 is 3.19. The minimum absolute atomic E-state index is 0.192. The number of aromatic amines is 1. The molecule has 13 heavy (non-hydrogen) atoms. The summed E-state index contributed by atoms with van der Waals surface area (Å²) in [5.74, 6) is 0. The molecule has 1 aliphatic heterocycles. The van der Waals surface area contributed by atoms with Gasteiger partial charge in [0, 0.05) is 18.0 Å². The van der Waals surface area contributed by atoms with Crippen molar-refractivity contribution in [2.75, 3.05) is 6.54 Å². The molecule has 0 aliphatic carbocycles. The number of nitrogens with zero attached hydrogens (tertiary/aromatic N) is 2. The van der Waals surface area contributed by atoms with Crippen LogP contribution in [0.15, 0.2) is 26.7 Å². The maximum absolute atomic E-state index is 11.3. The number of allylic oxidation sites excluding steroid dienone is 1. The summed E-state index contributed by atoms with van der Waals surface area (Å²) in [5.41, 5.74) is 1.00. The zero-order valence-electron chi connectivity index (χ0n) is 6.62. The van der Waals surface area contributed by atoms with Gasteiger partial charge in [0.2, 0.25) is 0 Å². The van der Waals surface area contributed by atoms with Crippen molar-refractivity contribution in [1.82, 2.24) is 9.97 Å². The van der Waals surface area contributed by atoms with Crippen LogP contribution < -0.4 is 5.56 Å². The van der Waals surface area contributed by atoms with E-state index in [4.69, 9.17) is 0 Å². The van der Waals surface area contributed by atoms with Gasteiger partial charge in [0.15, 0.2) is 0 Å². The Morgan fingerprint density at radius 1 is 1.54 bits per heavy atom. The Labute approximate surface area is 82.6 Å². The van der Waals surface area contributed by atoms with Gasteiger partial charge in [-0.2, -0.15) is 0 Å². The van der Waals surface area contributed by atoms with Gasteiger partial charge in [0.05, 0.1) is 6.54 Å². The van der Waals surface area contributed by atoms with E-state index in [1.807, 2.05) is 6.08 Å². The fraction of sp³-hybridized carbons (Fsp3) is 0.125. The van der Waals surface area contributed by atoms with Crippen LogP contribution in [0.3, 0.4) is 0 Å². The minimum atomic E-state index is -0.192. The van der Waals surface area contributed by atoms with E-state index in [1.54, 1.807) is 6.21 Å². The molecule has 0 aromatic carbocycles. The van der Waals surface area contributed by atoms with Crippen molar-refractivity contribution in [3.05, 3.63) is 32.9 Å². The minimum Gasteiger partial charge on any atom is -0.325 e. The molecule has 4 nitrogen and oxygen atoms in total. The molecule has 0 bridgehead atoms. The molecule has 1 aromatic rings. The van der Waals surface area contributed by atoms with E-state index in [-0.39, 0.29) is 5.56 Å². The highest BCUT2D eigenvalue weighted by Gasteiger charge is 2.08. The van der Waals surface area contributed by atoms with Crippen LogP contribution in [0, 0.1) is 0 Å². The molecule has 1 N–H and O–H groups in total. The van der Waals surface area contributed by atoms with Gasteiger partial charge in [0.1, 0.15) is 10.3 Å². The summed E-state index contributed by atoms with van der Waals surface area (Å²) < 4.78 is 0.614. The van der Waals surface area contributed by atoms with E-state index in [0.717, 1.165) is 5.57 Å². The maximum atomic E-state index is 11.3. The standard InChI is InChI=1S/C8H6BrN3O/c9-6-4-11-8(13)7(12-6)5-1-2-10-3-5/h1,3-4H,2H2,(H,11,13). The van der Waals surface area contributed by atoms with Gasteiger partial charge in [-0.15, -0.1) is 0 Å². The molecule has 0 unspecified atom stereocenters. The van der Waals surface area contributed by atoms with Gasteiger partial charge in [0.25, 0.3) is 5.56 Å². The first-order valence-corrected chi connectivity index (χ1v) is 4.52. The molecule has 66 valence electrons. The van der Waals surface area contributed by atoms with Crippen molar-refractivity contribution in [2.24, 2.45) is 4.99 Å². The third kappa shape index (κ3) is 1.60. The molecule has 5 heteroatoms. The molecule has 0 spiro atoms. The van der Waals surface area contributed by atoms with Gasteiger partial charge in [-0.25, -0.2) is 4.98 Å². The Morgan fingerprint density at radius 2 is 2.38 bits per heavy atom. The second-order valence-corrected chi connectivity index (χ2v) is 3.37. The largest absolute Gasteiger partial charge is 0.325 e. The third-order valence-electron chi connectivity index (χ3n) is 1.68. The highest BCUT2D eigenvalue weighted by molar-refractivity contribution is 9.10. The van der Waals surface area contributed by atoms with Crippen molar-refractivity contribution >= 4 is 27.7 Å². The van der Waals surface area contributed by atoms with Crippen LogP contribution in [0.1, 0.15) is 5.69 Å². The summed E-state index contributed by atoms with van der Waals surface area (Å²) in [5, 5.41) is 0. The van der Waals surface area contributed by atoms with E-state index in [0.29, 0.717) is 16.8 Å². The molecule has 0 saturated carbocycles. The lowest BCUT2D eigenvalue weighted by Gasteiger charge is -1.96. The van der Waals surface area contributed by atoms with Crippen molar-refractivity contribution in [3.63, 3.8) is 0 Å². The van der Waals surface area contributed by atoms with E-state index in [9.17, 15) is 4.79 Å². The SMILES string of the molecule is O=c1[nH]cc(Br)nc1C1=CCN=C1. The first-order valence-electron chi connectivity index (χ1n) is 3.73. The van der Waals surface area contributed by atoms with Gasteiger partial charge in [-0.1, -0.05) is 6.08 Å².